The molecule has 4 nitrogen and oxygen atoms in total. The number of rotatable bonds is 5. The summed E-state index contributed by atoms with van der Waals surface area (Å²) in [6, 6.07) is 21.6. The van der Waals surface area contributed by atoms with Crippen LogP contribution in [0.3, 0.4) is 0 Å². The third kappa shape index (κ3) is 4.36. The average molecular weight is 344 g/mol. The molecule has 0 aromatic heterocycles. The molecule has 0 fully saturated rings. The van der Waals surface area contributed by atoms with E-state index in [4.69, 9.17) is 5.73 Å². The van der Waals surface area contributed by atoms with Crippen molar-refractivity contribution in [2.75, 3.05) is 11.1 Å². The van der Waals surface area contributed by atoms with E-state index in [2.05, 4.69) is 5.32 Å². The fourth-order valence-electron chi connectivity index (χ4n) is 2.57. The highest BCUT2D eigenvalue weighted by molar-refractivity contribution is 6.04. The van der Waals surface area contributed by atoms with E-state index in [9.17, 15) is 9.59 Å². The maximum Gasteiger partial charge on any atom is 0.255 e. The van der Waals surface area contributed by atoms with Crippen molar-refractivity contribution in [2.45, 2.75) is 13.3 Å². The second-order valence-electron chi connectivity index (χ2n) is 6.24. The first-order valence-electron chi connectivity index (χ1n) is 8.37. The monoisotopic (exact) mass is 344 g/mol. The summed E-state index contributed by atoms with van der Waals surface area (Å²) in [5.74, 6) is -0.128. The first-order valence-corrected chi connectivity index (χ1v) is 8.37. The molecular weight excluding hydrogens is 324 g/mol. The molecule has 3 rings (SSSR count). The summed E-state index contributed by atoms with van der Waals surface area (Å²) in [4.78, 5) is 24.5. The van der Waals surface area contributed by atoms with Gasteiger partial charge in [-0.3, -0.25) is 9.59 Å². The molecule has 26 heavy (non-hydrogen) atoms. The number of ketones is 1. The zero-order valence-corrected chi connectivity index (χ0v) is 14.5. The average Bonchev–Trinajstić information content (AvgIpc) is 2.64. The third-order valence-electron chi connectivity index (χ3n) is 4.12. The minimum Gasteiger partial charge on any atom is -0.399 e. The van der Waals surface area contributed by atoms with E-state index in [-0.39, 0.29) is 11.7 Å². The number of nitrogens with two attached hydrogens (primary N) is 1. The van der Waals surface area contributed by atoms with Crippen LogP contribution in [0, 0.1) is 6.92 Å². The van der Waals surface area contributed by atoms with E-state index >= 15 is 0 Å². The normalized spacial score (nSPS) is 10.3. The molecular formula is C22H20N2O2. The molecule has 3 aromatic rings. The zero-order valence-electron chi connectivity index (χ0n) is 14.5. The van der Waals surface area contributed by atoms with Crippen LogP contribution in [-0.2, 0) is 6.42 Å². The van der Waals surface area contributed by atoms with Crippen molar-refractivity contribution in [3.05, 3.63) is 95.1 Å². The van der Waals surface area contributed by atoms with Crippen LogP contribution in [0.1, 0.15) is 31.8 Å². The van der Waals surface area contributed by atoms with Crippen molar-refractivity contribution in [1.82, 2.24) is 0 Å². The molecule has 3 N–H and O–H groups in total. The Morgan fingerprint density at radius 3 is 2.00 bits per heavy atom. The van der Waals surface area contributed by atoms with Crippen LogP contribution >= 0.6 is 0 Å². The minimum atomic E-state index is -0.157. The van der Waals surface area contributed by atoms with E-state index in [0.717, 1.165) is 11.1 Å². The van der Waals surface area contributed by atoms with Gasteiger partial charge >= 0.3 is 0 Å². The summed E-state index contributed by atoms with van der Waals surface area (Å²) in [5.41, 5.74) is 10.2. The number of hydrogen-bond donors (Lipinski definition) is 2. The number of benzene rings is 3. The summed E-state index contributed by atoms with van der Waals surface area (Å²) in [6.45, 7) is 1.98. The maximum atomic E-state index is 12.3. The van der Waals surface area contributed by atoms with Gasteiger partial charge in [0, 0.05) is 28.9 Å². The summed E-state index contributed by atoms with van der Waals surface area (Å²) < 4.78 is 0. The van der Waals surface area contributed by atoms with E-state index in [0.29, 0.717) is 28.9 Å². The smallest absolute Gasteiger partial charge is 0.255 e. The van der Waals surface area contributed by atoms with Crippen LogP contribution in [0.5, 0.6) is 0 Å². The molecule has 130 valence electrons. The Morgan fingerprint density at radius 2 is 1.38 bits per heavy atom. The van der Waals surface area contributed by atoms with Gasteiger partial charge in [0.15, 0.2) is 5.78 Å². The number of Topliss-reactive ketones (excluding diaryl/α,β-unsaturated/α-hetero) is 1. The molecule has 0 aliphatic rings. The van der Waals surface area contributed by atoms with Gasteiger partial charge in [-0.15, -0.1) is 0 Å². The van der Waals surface area contributed by atoms with Gasteiger partial charge in [0.1, 0.15) is 0 Å². The standard InChI is InChI=1S/C22H20N2O2/c1-15-2-6-18(7-3-15)22(26)24-20-12-4-16(5-13-20)14-21(25)17-8-10-19(23)11-9-17/h2-13H,14,23H2,1H3,(H,24,26). The number of hydrogen-bond acceptors (Lipinski definition) is 3. The van der Waals surface area contributed by atoms with Crippen molar-refractivity contribution < 1.29 is 9.59 Å². The molecule has 0 aliphatic heterocycles. The van der Waals surface area contributed by atoms with Crippen molar-refractivity contribution in [2.24, 2.45) is 0 Å². The van der Waals surface area contributed by atoms with E-state index in [1.165, 1.54) is 0 Å². The SMILES string of the molecule is Cc1ccc(C(=O)Nc2ccc(CC(=O)c3ccc(N)cc3)cc2)cc1. The van der Waals surface area contributed by atoms with Crippen LogP contribution in [0.25, 0.3) is 0 Å². The lowest BCUT2D eigenvalue weighted by atomic mass is 10.0. The van der Waals surface area contributed by atoms with Crippen molar-refractivity contribution in [3.63, 3.8) is 0 Å². The molecule has 3 aromatic carbocycles. The number of aryl methyl sites for hydroxylation is 1. The number of amides is 1. The number of carbonyl (C=O) groups is 2. The lowest BCUT2D eigenvalue weighted by Crippen LogP contribution is -2.11. The molecule has 0 unspecified atom stereocenters. The topological polar surface area (TPSA) is 72.2 Å². The van der Waals surface area contributed by atoms with E-state index < -0.39 is 0 Å². The van der Waals surface area contributed by atoms with Gasteiger partial charge in [0.2, 0.25) is 0 Å². The van der Waals surface area contributed by atoms with Crippen molar-refractivity contribution in [1.29, 1.82) is 0 Å². The molecule has 4 heteroatoms. The van der Waals surface area contributed by atoms with Crippen LogP contribution in [0.2, 0.25) is 0 Å². The van der Waals surface area contributed by atoms with Crippen molar-refractivity contribution >= 4 is 23.1 Å². The van der Waals surface area contributed by atoms with Gasteiger partial charge in [0.05, 0.1) is 0 Å². The lowest BCUT2D eigenvalue weighted by Gasteiger charge is -2.07. The highest BCUT2D eigenvalue weighted by Gasteiger charge is 2.08. The summed E-state index contributed by atoms with van der Waals surface area (Å²) >= 11 is 0. The van der Waals surface area contributed by atoms with E-state index in [1.54, 1.807) is 48.5 Å². The Hall–Kier alpha value is -3.40. The maximum absolute atomic E-state index is 12.3. The highest BCUT2D eigenvalue weighted by atomic mass is 16.1. The Morgan fingerprint density at radius 1 is 0.808 bits per heavy atom. The van der Waals surface area contributed by atoms with Gasteiger partial charge < -0.3 is 11.1 Å². The fraction of sp³-hybridized carbons (Fsp3) is 0.0909. The molecule has 1 amide bonds. The van der Waals surface area contributed by atoms with Gasteiger partial charge in [-0.25, -0.2) is 0 Å². The second kappa shape index (κ2) is 7.66. The predicted octanol–water partition coefficient (Wildman–Crippen LogP) is 4.25. The summed E-state index contributed by atoms with van der Waals surface area (Å²) in [7, 11) is 0. The van der Waals surface area contributed by atoms with Crippen LogP contribution in [0.15, 0.2) is 72.8 Å². The van der Waals surface area contributed by atoms with Gasteiger partial charge in [-0.1, -0.05) is 29.8 Å². The predicted molar refractivity (Wildman–Crippen MR) is 104 cm³/mol. The third-order valence-corrected chi connectivity index (χ3v) is 4.12. The molecule has 0 saturated heterocycles. The molecule has 0 radical (unpaired) electrons. The summed E-state index contributed by atoms with van der Waals surface area (Å²) in [6.07, 6.45) is 0.302. The minimum absolute atomic E-state index is 0.0291. The largest absolute Gasteiger partial charge is 0.399 e. The van der Waals surface area contributed by atoms with Crippen molar-refractivity contribution in [3.8, 4) is 0 Å². The summed E-state index contributed by atoms with van der Waals surface area (Å²) in [5, 5.41) is 2.86. The Kier molecular flexibility index (Phi) is 5.13. The van der Waals surface area contributed by atoms with Gasteiger partial charge in [0.25, 0.3) is 5.91 Å². The van der Waals surface area contributed by atoms with E-state index in [1.807, 2.05) is 31.2 Å². The van der Waals surface area contributed by atoms with Crippen LogP contribution in [0.4, 0.5) is 11.4 Å². The quantitative estimate of drug-likeness (QED) is 0.537. The number of carbonyl (C=O) groups excluding carboxylic acids is 2. The van der Waals surface area contributed by atoms with Crippen LogP contribution in [-0.4, -0.2) is 11.7 Å². The molecule has 0 heterocycles. The Bertz CT molecular complexity index is 833. The first kappa shape index (κ1) is 17.4. The molecule has 0 bridgehead atoms. The van der Waals surface area contributed by atoms with Crippen LogP contribution < -0.4 is 11.1 Å². The molecule has 0 spiro atoms. The first-order chi connectivity index (χ1) is 12.5. The second-order valence-corrected chi connectivity index (χ2v) is 6.24. The lowest BCUT2D eigenvalue weighted by molar-refractivity contribution is 0.0990. The number of nitrogen functional groups attached to an aromatic ring is 1. The Labute approximate surface area is 152 Å². The highest BCUT2D eigenvalue weighted by Crippen LogP contribution is 2.15. The molecule has 0 aliphatic carbocycles. The number of anilines is 2. The fourth-order valence-corrected chi connectivity index (χ4v) is 2.57. The zero-order chi connectivity index (χ0) is 18.5. The van der Waals surface area contributed by atoms with Gasteiger partial charge in [-0.2, -0.15) is 0 Å². The number of nitrogens with one attached hydrogen (secondary N) is 1. The molecule has 0 saturated carbocycles. The Balaban J connectivity index is 1.62. The van der Waals surface area contributed by atoms with Gasteiger partial charge in [-0.05, 0) is 61.0 Å². The molecule has 0 atom stereocenters.